The van der Waals surface area contributed by atoms with Gasteiger partial charge in [-0.1, -0.05) is 29.3 Å². The van der Waals surface area contributed by atoms with E-state index in [2.05, 4.69) is 5.32 Å². The molecule has 1 aromatic carbocycles. The molecule has 2 N–H and O–H groups in total. The van der Waals surface area contributed by atoms with Crippen LogP contribution in [0.3, 0.4) is 0 Å². The standard InChI is InChI=1S/C23H23Cl2NO5S/c1-10(2)31-23(30)19-15(14-6-5-13(24)8-16(14)25)9-32-21(19)26-20(27)17-11-3-4-12(7-11)18(17)22(28)29/h5-6,8-12,17-18H,3-4,7H2,1-2H3,(H,26,27)(H,28,29)/t11-,12-,17-,18+/m0/s1. The Morgan fingerprint density at radius 2 is 1.81 bits per heavy atom. The van der Waals surface area contributed by atoms with Gasteiger partial charge in [-0.3, -0.25) is 9.59 Å². The molecule has 2 fully saturated rings. The van der Waals surface area contributed by atoms with Crippen molar-refractivity contribution in [3.63, 3.8) is 0 Å². The third-order valence-corrected chi connectivity index (χ3v) is 7.74. The Kier molecular flexibility index (Phi) is 6.52. The quantitative estimate of drug-likeness (QED) is 0.481. The van der Waals surface area contributed by atoms with Crippen molar-refractivity contribution >= 4 is 57.4 Å². The molecule has 4 atom stereocenters. The summed E-state index contributed by atoms with van der Waals surface area (Å²) in [5.74, 6) is -3.09. The molecule has 4 rings (SSSR count). The number of rotatable bonds is 6. The summed E-state index contributed by atoms with van der Waals surface area (Å²) in [4.78, 5) is 38.0. The van der Waals surface area contributed by atoms with Crippen LogP contribution in [0.25, 0.3) is 11.1 Å². The maximum Gasteiger partial charge on any atom is 0.342 e. The molecule has 32 heavy (non-hydrogen) atoms. The van der Waals surface area contributed by atoms with Gasteiger partial charge >= 0.3 is 11.9 Å². The average Bonchev–Trinajstić information content (AvgIpc) is 3.41. The summed E-state index contributed by atoms with van der Waals surface area (Å²) in [6.07, 6.45) is 2.09. The topological polar surface area (TPSA) is 92.7 Å². The van der Waals surface area contributed by atoms with E-state index in [4.69, 9.17) is 27.9 Å². The predicted octanol–water partition coefficient (Wildman–Crippen LogP) is 5.97. The van der Waals surface area contributed by atoms with E-state index >= 15 is 0 Å². The average molecular weight is 496 g/mol. The van der Waals surface area contributed by atoms with Crippen molar-refractivity contribution in [3.8, 4) is 11.1 Å². The Labute approximate surface area is 199 Å². The van der Waals surface area contributed by atoms with Gasteiger partial charge in [0.25, 0.3) is 0 Å². The summed E-state index contributed by atoms with van der Waals surface area (Å²) in [5, 5.41) is 15.4. The molecule has 1 heterocycles. The van der Waals surface area contributed by atoms with E-state index in [9.17, 15) is 19.5 Å². The van der Waals surface area contributed by atoms with Gasteiger partial charge in [-0.25, -0.2) is 4.79 Å². The zero-order chi connectivity index (χ0) is 23.2. The fraction of sp³-hybridized carbons (Fsp3) is 0.435. The number of hydrogen-bond donors (Lipinski definition) is 2. The maximum absolute atomic E-state index is 13.2. The van der Waals surface area contributed by atoms with E-state index < -0.39 is 23.8 Å². The van der Waals surface area contributed by atoms with Crippen LogP contribution in [0.1, 0.15) is 43.5 Å². The first-order valence-corrected chi connectivity index (χ1v) is 12.1. The summed E-state index contributed by atoms with van der Waals surface area (Å²) in [6.45, 7) is 3.48. The monoisotopic (exact) mass is 495 g/mol. The Morgan fingerprint density at radius 1 is 1.12 bits per heavy atom. The molecular weight excluding hydrogens is 473 g/mol. The number of ether oxygens (including phenoxy) is 1. The minimum Gasteiger partial charge on any atom is -0.481 e. The number of carbonyl (C=O) groups is 3. The smallest absolute Gasteiger partial charge is 0.342 e. The van der Waals surface area contributed by atoms with Crippen molar-refractivity contribution in [2.45, 2.75) is 39.2 Å². The number of halogens is 2. The van der Waals surface area contributed by atoms with E-state index in [1.807, 2.05) is 0 Å². The second-order valence-electron chi connectivity index (χ2n) is 8.64. The molecule has 1 amide bonds. The van der Waals surface area contributed by atoms with Crippen molar-refractivity contribution < 1.29 is 24.2 Å². The Balaban J connectivity index is 1.69. The largest absolute Gasteiger partial charge is 0.481 e. The van der Waals surface area contributed by atoms with E-state index in [0.29, 0.717) is 26.2 Å². The fourth-order valence-corrected chi connectivity index (χ4v) is 6.51. The number of carboxylic acid groups (broad SMARTS) is 1. The molecule has 9 heteroatoms. The van der Waals surface area contributed by atoms with Crippen molar-refractivity contribution in [1.29, 1.82) is 0 Å². The molecule has 2 aromatic rings. The van der Waals surface area contributed by atoms with Crippen LogP contribution in [0, 0.1) is 23.7 Å². The molecule has 2 aliphatic carbocycles. The van der Waals surface area contributed by atoms with E-state index in [1.54, 1.807) is 37.4 Å². The number of hydrogen-bond acceptors (Lipinski definition) is 5. The zero-order valence-corrected chi connectivity index (χ0v) is 19.9. The summed E-state index contributed by atoms with van der Waals surface area (Å²) < 4.78 is 5.43. The summed E-state index contributed by atoms with van der Waals surface area (Å²) in [6, 6.07) is 4.96. The van der Waals surface area contributed by atoms with Gasteiger partial charge in [-0.05, 0) is 57.1 Å². The number of anilines is 1. The molecule has 1 aromatic heterocycles. The molecule has 170 valence electrons. The normalized spacial score (nSPS) is 24.0. The summed E-state index contributed by atoms with van der Waals surface area (Å²) in [7, 11) is 0. The molecule has 0 saturated heterocycles. The highest BCUT2D eigenvalue weighted by Gasteiger charge is 2.54. The lowest BCUT2D eigenvalue weighted by Crippen LogP contribution is -2.38. The number of fused-ring (bicyclic) bond motifs is 2. The number of benzene rings is 1. The van der Waals surface area contributed by atoms with Crippen molar-refractivity contribution in [3.05, 3.63) is 39.2 Å². The number of carboxylic acids is 1. The van der Waals surface area contributed by atoms with Crippen LogP contribution in [0.4, 0.5) is 5.00 Å². The molecular formula is C23H23Cl2NO5S. The van der Waals surface area contributed by atoms with Crippen LogP contribution in [0.15, 0.2) is 23.6 Å². The summed E-state index contributed by atoms with van der Waals surface area (Å²) in [5.41, 5.74) is 1.32. The molecule has 0 spiro atoms. The lowest BCUT2D eigenvalue weighted by molar-refractivity contribution is -0.148. The minimum absolute atomic E-state index is 0.0328. The SMILES string of the molecule is CC(C)OC(=O)c1c(-c2ccc(Cl)cc2Cl)csc1NC(=O)[C@H]1[C@H]2CC[C@@H](C2)[C@H]1C(=O)O. The Morgan fingerprint density at radius 3 is 2.44 bits per heavy atom. The fourth-order valence-electron chi connectivity index (χ4n) is 5.05. The van der Waals surface area contributed by atoms with Crippen molar-refractivity contribution in [2.24, 2.45) is 23.7 Å². The second kappa shape index (κ2) is 9.04. The summed E-state index contributed by atoms with van der Waals surface area (Å²) >= 11 is 13.6. The number of nitrogens with one attached hydrogen (secondary N) is 1. The first kappa shape index (κ1) is 23.1. The van der Waals surface area contributed by atoms with Crippen LogP contribution in [0.2, 0.25) is 10.0 Å². The number of esters is 1. The molecule has 0 radical (unpaired) electrons. The first-order valence-electron chi connectivity index (χ1n) is 10.5. The van der Waals surface area contributed by atoms with Gasteiger partial charge in [0.1, 0.15) is 10.6 Å². The lowest BCUT2D eigenvalue weighted by Gasteiger charge is -2.27. The van der Waals surface area contributed by atoms with Gasteiger partial charge in [0.05, 0.1) is 17.9 Å². The third-order valence-electron chi connectivity index (χ3n) is 6.30. The number of thiophene rings is 1. The van der Waals surface area contributed by atoms with Gasteiger partial charge in [0.15, 0.2) is 0 Å². The van der Waals surface area contributed by atoms with Gasteiger partial charge in [-0.15, -0.1) is 11.3 Å². The number of aliphatic carboxylic acids is 1. The highest BCUT2D eigenvalue weighted by atomic mass is 35.5. The highest BCUT2D eigenvalue weighted by Crippen LogP contribution is 2.53. The molecule has 2 aliphatic rings. The maximum atomic E-state index is 13.2. The van der Waals surface area contributed by atoms with Crippen LogP contribution >= 0.6 is 34.5 Å². The van der Waals surface area contributed by atoms with Gasteiger partial charge in [-0.2, -0.15) is 0 Å². The Bertz CT molecular complexity index is 1080. The van der Waals surface area contributed by atoms with E-state index in [-0.39, 0.29) is 29.4 Å². The third kappa shape index (κ3) is 4.26. The Hall–Kier alpha value is -2.09. The second-order valence-corrected chi connectivity index (χ2v) is 10.4. The number of carbonyl (C=O) groups excluding carboxylic acids is 2. The molecule has 2 saturated carbocycles. The van der Waals surface area contributed by atoms with Gasteiger partial charge in [0, 0.05) is 26.6 Å². The molecule has 0 aliphatic heterocycles. The molecule has 0 unspecified atom stereocenters. The first-order chi connectivity index (χ1) is 15.2. The van der Waals surface area contributed by atoms with Crippen LogP contribution < -0.4 is 5.32 Å². The minimum atomic E-state index is -0.934. The highest BCUT2D eigenvalue weighted by molar-refractivity contribution is 7.15. The van der Waals surface area contributed by atoms with Gasteiger partial charge < -0.3 is 15.2 Å². The number of amides is 1. The van der Waals surface area contributed by atoms with Crippen LogP contribution in [0.5, 0.6) is 0 Å². The van der Waals surface area contributed by atoms with Gasteiger partial charge in [0.2, 0.25) is 5.91 Å². The van der Waals surface area contributed by atoms with Crippen molar-refractivity contribution in [2.75, 3.05) is 5.32 Å². The lowest BCUT2D eigenvalue weighted by atomic mass is 9.78. The van der Waals surface area contributed by atoms with E-state index in [0.717, 1.165) is 19.3 Å². The van der Waals surface area contributed by atoms with Crippen molar-refractivity contribution in [1.82, 2.24) is 0 Å². The van der Waals surface area contributed by atoms with E-state index in [1.165, 1.54) is 11.3 Å². The van der Waals surface area contributed by atoms with Crippen LogP contribution in [-0.4, -0.2) is 29.1 Å². The molecule has 2 bridgehead atoms. The zero-order valence-electron chi connectivity index (χ0n) is 17.6. The molecule has 6 nitrogen and oxygen atoms in total. The van der Waals surface area contributed by atoms with Crippen LogP contribution in [-0.2, 0) is 14.3 Å². The predicted molar refractivity (Wildman–Crippen MR) is 124 cm³/mol.